The maximum absolute atomic E-state index is 12.5. The highest BCUT2D eigenvalue weighted by Crippen LogP contribution is 2.17. The highest BCUT2D eigenvalue weighted by Gasteiger charge is 2.18. The fraction of sp³-hybridized carbons (Fsp3) is 0.333. The van der Waals surface area contributed by atoms with Crippen molar-refractivity contribution in [3.05, 3.63) is 51.4 Å². The number of carboxylic acid groups (broad SMARTS) is 1. The third-order valence-electron chi connectivity index (χ3n) is 3.87. The van der Waals surface area contributed by atoms with Gasteiger partial charge in [0.1, 0.15) is 11.3 Å². The maximum Gasteiger partial charge on any atom is 0.303 e. The summed E-state index contributed by atoms with van der Waals surface area (Å²) in [4.78, 5) is 35.1. The molecule has 0 aliphatic heterocycles. The van der Waals surface area contributed by atoms with Crippen LogP contribution in [0.1, 0.15) is 34.5 Å². The number of rotatable bonds is 7. The number of carbonyl (C=O) groups excluding carboxylic acids is 1. The molecule has 138 valence electrons. The van der Waals surface area contributed by atoms with Crippen molar-refractivity contribution in [1.29, 1.82) is 0 Å². The zero-order valence-corrected chi connectivity index (χ0v) is 14.9. The molecule has 1 aromatic heterocycles. The van der Waals surface area contributed by atoms with Gasteiger partial charge in [-0.3, -0.25) is 14.4 Å². The highest BCUT2D eigenvalue weighted by molar-refractivity contribution is 6.05. The molecule has 2 rings (SSSR count). The first kappa shape index (κ1) is 19.2. The second-order valence-electron chi connectivity index (χ2n) is 5.84. The summed E-state index contributed by atoms with van der Waals surface area (Å²) in [5.41, 5.74) is 1.29. The molecule has 8 nitrogen and oxygen atoms in total. The fourth-order valence-corrected chi connectivity index (χ4v) is 2.36. The van der Waals surface area contributed by atoms with E-state index in [2.05, 4.69) is 10.4 Å². The largest absolute Gasteiger partial charge is 0.494 e. The van der Waals surface area contributed by atoms with Crippen molar-refractivity contribution in [2.45, 2.75) is 26.7 Å². The summed E-state index contributed by atoms with van der Waals surface area (Å²) in [7, 11) is 1.50. The molecular weight excluding hydrogens is 338 g/mol. The van der Waals surface area contributed by atoms with Crippen LogP contribution in [0.25, 0.3) is 0 Å². The van der Waals surface area contributed by atoms with Crippen LogP contribution in [0.5, 0.6) is 5.75 Å². The van der Waals surface area contributed by atoms with Crippen molar-refractivity contribution in [2.24, 2.45) is 7.05 Å². The van der Waals surface area contributed by atoms with Gasteiger partial charge < -0.3 is 15.2 Å². The first-order valence-electron chi connectivity index (χ1n) is 8.10. The van der Waals surface area contributed by atoms with Crippen LogP contribution >= 0.6 is 0 Å². The van der Waals surface area contributed by atoms with E-state index in [0.29, 0.717) is 35.7 Å². The van der Waals surface area contributed by atoms with Gasteiger partial charge in [0, 0.05) is 19.2 Å². The SMILES string of the molecule is Cc1nn(C)c(=O)c(C(=O)Nc2ccc(OCCCC(=O)O)cc2)c1C. The summed E-state index contributed by atoms with van der Waals surface area (Å²) in [6.45, 7) is 3.72. The molecule has 0 unspecified atom stereocenters. The Kier molecular flexibility index (Phi) is 6.11. The van der Waals surface area contributed by atoms with Crippen molar-refractivity contribution < 1.29 is 19.4 Å². The number of carboxylic acids is 1. The van der Waals surface area contributed by atoms with Gasteiger partial charge in [0.2, 0.25) is 0 Å². The van der Waals surface area contributed by atoms with E-state index in [-0.39, 0.29) is 12.0 Å². The van der Waals surface area contributed by atoms with E-state index < -0.39 is 17.4 Å². The lowest BCUT2D eigenvalue weighted by Gasteiger charge is -2.11. The number of ether oxygens (including phenoxy) is 1. The Labute approximate surface area is 150 Å². The number of aromatic nitrogens is 2. The van der Waals surface area contributed by atoms with Gasteiger partial charge in [0.25, 0.3) is 11.5 Å². The minimum Gasteiger partial charge on any atom is -0.494 e. The molecule has 0 aliphatic rings. The average Bonchev–Trinajstić information content (AvgIpc) is 2.58. The smallest absolute Gasteiger partial charge is 0.303 e. The maximum atomic E-state index is 12.5. The van der Waals surface area contributed by atoms with Crippen LogP contribution in [0.4, 0.5) is 5.69 Å². The Hall–Kier alpha value is -3.16. The molecule has 2 aromatic rings. The van der Waals surface area contributed by atoms with Crippen LogP contribution in [0.15, 0.2) is 29.1 Å². The number of amides is 1. The molecule has 2 N–H and O–H groups in total. The Bertz CT molecular complexity index is 872. The molecule has 0 saturated carbocycles. The van der Waals surface area contributed by atoms with Gasteiger partial charge in [-0.05, 0) is 50.1 Å². The number of hydrogen-bond acceptors (Lipinski definition) is 5. The van der Waals surface area contributed by atoms with Crippen LogP contribution in [-0.4, -0.2) is 33.4 Å². The molecule has 1 amide bonds. The molecule has 1 heterocycles. The number of anilines is 1. The third-order valence-corrected chi connectivity index (χ3v) is 3.87. The first-order chi connectivity index (χ1) is 12.3. The summed E-state index contributed by atoms with van der Waals surface area (Å²) in [6, 6.07) is 6.63. The predicted molar refractivity (Wildman–Crippen MR) is 95.7 cm³/mol. The van der Waals surface area contributed by atoms with E-state index in [1.807, 2.05) is 0 Å². The number of aryl methyl sites for hydroxylation is 2. The molecule has 0 fully saturated rings. The van der Waals surface area contributed by atoms with Gasteiger partial charge in [0.15, 0.2) is 0 Å². The zero-order chi connectivity index (χ0) is 19.3. The second kappa shape index (κ2) is 8.28. The number of benzene rings is 1. The van der Waals surface area contributed by atoms with Crippen LogP contribution in [0.2, 0.25) is 0 Å². The number of nitrogens with one attached hydrogen (secondary N) is 1. The molecule has 0 atom stereocenters. The summed E-state index contributed by atoms with van der Waals surface area (Å²) in [5.74, 6) is -0.789. The Morgan fingerprint density at radius 3 is 2.50 bits per heavy atom. The molecule has 26 heavy (non-hydrogen) atoms. The van der Waals surface area contributed by atoms with Gasteiger partial charge in [-0.25, -0.2) is 4.68 Å². The van der Waals surface area contributed by atoms with E-state index in [1.54, 1.807) is 38.1 Å². The Morgan fingerprint density at radius 1 is 1.23 bits per heavy atom. The number of hydrogen-bond donors (Lipinski definition) is 2. The normalized spacial score (nSPS) is 10.4. The summed E-state index contributed by atoms with van der Waals surface area (Å²) in [5, 5.41) is 15.3. The molecule has 0 bridgehead atoms. The lowest BCUT2D eigenvalue weighted by molar-refractivity contribution is -0.137. The average molecular weight is 359 g/mol. The van der Waals surface area contributed by atoms with Gasteiger partial charge in [-0.1, -0.05) is 0 Å². The van der Waals surface area contributed by atoms with Crippen molar-refractivity contribution in [3.63, 3.8) is 0 Å². The van der Waals surface area contributed by atoms with E-state index in [4.69, 9.17) is 9.84 Å². The number of nitrogens with zero attached hydrogens (tertiary/aromatic N) is 2. The topological polar surface area (TPSA) is 111 Å². The van der Waals surface area contributed by atoms with E-state index in [9.17, 15) is 14.4 Å². The molecule has 0 aliphatic carbocycles. The van der Waals surface area contributed by atoms with Crippen molar-refractivity contribution in [2.75, 3.05) is 11.9 Å². The van der Waals surface area contributed by atoms with E-state index >= 15 is 0 Å². The van der Waals surface area contributed by atoms with Crippen molar-refractivity contribution in [1.82, 2.24) is 9.78 Å². The Balaban J connectivity index is 2.04. The highest BCUT2D eigenvalue weighted by atomic mass is 16.5. The van der Waals surface area contributed by atoms with Crippen LogP contribution < -0.4 is 15.6 Å². The monoisotopic (exact) mass is 359 g/mol. The first-order valence-corrected chi connectivity index (χ1v) is 8.10. The van der Waals surface area contributed by atoms with Gasteiger partial charge in [-0.15, -0.1) is 0 Å². The van der Waals surface area contributed by atoms with Crippen molar-refractivity contribution >= 4 is 17.6 Å². The summed E-state index contributed by atoms with van der Waals surface area (Å²) < 4.78 is 6.58. The molecule has 0 saturated heterocycles. The van der Waals surface area contributed by atoms with Crippen LogP contribution in [0.3, 0.4) is 0 Å². The molecule has 1 aromatic carbocycles. The molecule has 0 spiro atoms. The third kappa shape index (κ3) is 4.69. The van der Waals surface area contributed by atoms with E-state index in [0.717, 1.165) is 4.68 Å². The molecule has 0 radical (unpaired) electrons. The van der Waals surface area contributed by atoms with Crippen LogP contribution in [0, 0.1) is 13.8 Å². The standard InChI is InChI=1S/C18H21N3O5/c1-11-12(2)20-21(3)18(25)16(11)17(24)19-13-6-8-14(9-7-13)26-10-4-5-15(22)23/h6-9H,4-5,10H2,1-3H3,(H,19,24)(H,22,23). The molecular formula is C18H21N3O5. The lowest BCUT2D eigenvalue weighted by Crippen LogP contribution is -2.31. The predicted octanol–water partition coefficient (Wildman–Crippen LogP) is 1.89. The number of aliphatic carboxylic acids is 1. The summed E-state index contributed by atoms with van der Waals surface area (Å²) >= 11 is 0. The van der Waals surface area contributed by atoms with Crippen molar-refractivity contribution in [3.8, 4) is 5.75 Å². The number of carbonyl (C=O) groups is 2. The Morgan fingerprint density at radius 2 is 1.88 bits per heavy atom. The zero-order valence-electron chi connectivity index (χ0n) is 14.9. The molecule has 8 heteroatoms. The van der Waals surface area contributed by atoms with Gasteiger partial charge in [-0.2, -0.15) is 5.10 Å². The summed E-state index contributed by atoms with van der Waals surface area (Å²) in [6.07, 6.45) is 0.464. The minimum absolute atomic E-state index is 0.0494. The second-order valence-corrected chi connectivity index (χ2v) is 5.84. The van der Waals surface area contributed by atoms with Crippen LogP contribution in [-0.2, 0) is 11.8 Å². The van der Waals surface area contributed by atoms with Gasteiger partial charge in [0.05, 0.1) is 12.3 Å². The fourth-order valence-electron chi connectivity index (χ4n) is 2.36. The lowest BCUT2D eigenvalue weighted by atomic mass is 10.1. The quantitative estimate of drug-likeness (QED) is 0.731. The minimum atomic E-state index is -0.862. The van der Waals surface area contributed by atoms with E-state index in [1.165, 1.54) is 7.05 Å². The van der Waals surface area contributed by atoms with Gasteiger partial charge >= 0.3 is 5.97 Å².